The van der Waals surface area contributed by atoms with Gasteiger partial charge < -0.3 is 35.5 Å². The molecule has 4 aliphatic rings. The zero-order valence-electron chi connectivity index (χ0n) is 58.3. The third-order valence-electron chi connectivity index (χ3n) is 15.3. The van der Waals surface area contributed by atoms with E-state index >= 15 is 0 Å². The van der Waals surface area contributed by atoms with E-state index in [0.29, 0.717) is 87.4 Å². The standard InChI is InChI=1S/C17H19ClN6.C10H6Cl2N4.C10H7ClN4O.C9H7ClN2O2.C7H5ClN2.C7H14N2.C2H3ClO2.C2H6N2O.C2H6O.Cl3OP/c1-11-19-16-14-9-12(18)4-5-15(14)20-17(24(16)21-11)23-8-7-22-6-2-3-13(22)10-23;1-5-13-9-7-4-6(11)2-3-8(7)14-10(12)16(9)15-5;1-5-12-9-7-4-6(11)2-3-8(7)13-10(16)15(9)14-5;1-14-9(13)12-8-3-2-7(10)4-6(8)5-11;8-6-1-2-7(10)5(3-6)4-9;1-2-7-6-8-3-5-9(7)4-1;1-5-2(3)4;1-2(5)4-3;1-2-3;1-5(2,3)4/h4-5,9,13H,2-3,6-8,10H2,1H3;2-4H,1H3;2-4H,1H3,(H,13,16);2-4H,1H3,(H,12,13);1-3H,10H2;7-8H,1-6H2;1H3;3H2,1H3,(H,4,5);3H,2H2,1H3;. The van der Waals surface area contributed by atoms with Gasteiger partial charge in [0.15, 0.2) is 16.9 Å². The lowest BCUT2D eigenvalue weighted by atomic mass is 10.1. The number of hydrogen-bond acceptors (Lipinski definition) is 24. The minimum absolute atomic E-state index is 0.218. The number of aromatic nitrogens is 12. The minimum Gasteiger partial charge on any atom is -0.457 e. The summed E-state index contributed by atoms with van der Waals surface area (Å²) < 4.78 is 22.4. The molecule has 5 aromatic carbocycles. The van der Waals surface area contributed by atoms with E-state index < -0.39 is 16.7 Å². The maximum atomic E-state index is 11.7. The highest BCUT2D eigenvalue weighted by atomic mass is 36.0. The van der Waals surface area contributed by atoms with Crippen molar-refractivity contribution in [2.45, 2.75) is 72.4 Å². The highest BCUT2D eigenvalue weighted by molar-refractivity contribution is 8.24. The first-order valence-corrected chi connectivity index (χ1v) is 39.2. The number of nitrogens with zero attached hydrogens (tertiary/aromatic N) is 16. The quantitative estimate of drug-likeness (QED) is 0.0161. The molecule has 15 rings (SSSR count). The largest absolute Gasteiger partial charge is 0.457 e. The molecule has 2 atom stereocenters. The zero-order chi connectivity index (χ0) is 78.8. The Bertz CT molecular complexity index is 5060. The number of amides is 2. The molecule has 4 fully saturated rings. The lowest BCUT2D eigenvalue weighted by Gasteiger charge is -2.37. The molecule has 570 valence electrons. The van der Waals surface area contributed by atoms with Gasteiger partial charge in [-0.1, -0.05) is 58.0 Å². The van der Waals surface area contributed by atoms with Crippen molar-refractivity contribution in [3.8, 4) is 12.1 Å². The maximum absolute atomic E-state index is 11.7. The number of carbonyl (C=O) groups excluding carboxylic acids is 3. The number of methoxy groups -OCH3 is 2. The number of carbonyl (C=O) groups is 3. The number of fused-ring (bicyclic) bond motifs is 11. The predicted molar refractivity (Wildman–Crippen MR) is 423 cm³/mol. The lowest BCUT2D eigenvalue weighted by molar-refractivity contribution is -0.119. The minimum atomic E-state index is -3.22. The van der Waals surface area contributed by atoms with Gasteiger partial charge in [-0.15, -0.1) is 15.3 Å². The molecule has 41 heteroatoms. The van der Waals surface area contributed by atoms with Gasteiger partial charge in [0, 0.05) is 123 Å². The summed E-state index contributed by atoms with van der Waals surface area (Å²) in [7, 11) is 2.46. The van der Waals surface area contributed by atoms with Gasteiger partial charge in [0.25, 0.3) is 0 Å². The first-order chi connectivity index (χ1) is 50.8. The molecule has 0 spiro atoms. The number of nitriles is 2. The van der Waals surface area contributed by atoms with Gasteiger partial charge in [-0.2, -0.15) is 24.1 Å². The summed E-state index contributed by atoms with van der Waals surface area (Å²) in [5.74, 6) is 7.21. The van der Waals surface area contributed by atoms with E-state index in [-0.39, 0.29) is 18.2 Å². The number of nitrogen functional groups attached to an aromatic ring is 1. The third kappa shape index (κ3) is 27.0. The Hall–Kier alpha value is -7.95. The predicted octanol–water partition coefficient (Wildman–Crippen LogP) is 14.0. The van der Waals surface area contributed by atoms with Crippen LogP contribution in [0.1, 0.15) is 68.1 Å². The summed E-state index contributed by atoms with van der Waals surface area (Å²) in [4.78, 5) is 74.0. The van der Waals surface area contributed by atoms with Crippen molar-refractivity contribution in [1.29, 1.82) is 10.5 Å². The van der Waals surface area contributed by atoms with Gasteiger partial charge in [-0.05, 0) is 203 Å². The summed E-state index contributed by atoms with van der Waals surface area (Å²) in [6, 6.07) is 31.2. The van der Waals surface area contributed by atoms with Crippen LogP contribution in [0, 0.1) is 43.4 Å². The topological polar surface area (TPSA) is 402 Å². The van der Waals surface area contributed by atoms with Gasteiger partial charge in [0.1, 0.15) is 29.6 Å². The number of piperazine rings is 2. The fraction of sp³-hybridized carbons (Fsp3) is 0.333. The number of H-pyrrole nitrogens is 1. The number of aliphatic hydroxyl groups is 1. The molecular formula is C66H73Cl10N22O8P. The van der Waals surface area contributed by atoms with Crippen molar-refractivity contribution in [2.24, 2.45) is 5.84 Å². The fourth-order valence-electron chi connectivity index (χ4n) is 10.8. The molecule has 6 aromatic heterocycles. The average Bonchev–Trinajstić information content (AvgIpc) is 1.70. The molecule has 2 amide bonds. The van der Waals surface area contributed by atoms with Crippen LogP contribution in [0.25, 0.3) is 49.7 Å². The molecule has 11 aromatic rings. The Morgan fingerprint density at radius 2 is 1.11 bits per heavy atom. The summed E-state index contributed by atoms with van der Waals surface area (Å²) in [6.07, 6.45) is 4.81. The summed E-state index contributed by atoms with van der Waals surface area (Å²) in [6.45, 7) is 18.1. The molecule has 0 radical (unpaired) electrons. The number of aromatic amines is 1. The second kappa shape index (κ2) is 42.7. The van der Waals surface area contributed by atoms with E-state index in [1.54, 1.807) is 63.2 Å². The van der Waals surface area contributed by atoms with Gasteiger partial charge in [0.2, 0.25) is 17.1 Å². The number of nitrogens with two attached hydrogens (primary N) is 2. The van der Waals surface area contributed by atoms with Crippen LogP contribution in [0.2, 0.25) is 30.4 Å². The van der Waals surface area contributed by atoms with Gasteiger partial charge in [0.05, 0.1) is 47.6 Å². The molecule has 4 saturated heterocycles. The highest BCUT2D eigenvalue weighted by Crippen LogP contribution is 2.61. The monoisotopic (exact) mass is 1680 g/mol. The van der Waals surface area contributed by atoms with Crippen molar-refractivity contribution >= 4 is 205 Å². The van der Waals surface area contributed by atoms with E-state index in [0.717, 1.165) is 70.3 Å². The molecule has 10 heterocycles. The molecular weight excluding hydrogens is 1610 g/mol. The molecule has 4 aliphatic heterocycles. The molecule has 0 saturated carbocycles. The SMILES string of the molecule is C1CC2CNCCN2C1.CC(=O)NN.CCO.COC(=O)Cl.COC(=O)Nc1ccc(Cl)cc1C#N.Cc1nc2c3cc(Cl)ccc3[nH]c(=O)n2n1.Cc1nc2c3cc(Cl)ccc3nc(Cl)n2n1.Cc1nc2c3cc(Cl)ccc3nc(N3CCN4CCCC4C3)n2n1.N#Cc1cc(Cl)ccc1N.O=P(Cl)(Cl)Cl. The van der Waals surface area contributed by atoms with Crippen LogP contribution >= 0.6 is 120 Å². The number of nitrogens with one attached hydrogen (secondary N) is 4. The van der Waals surface area contributed by atoms with Crippen LogP contribution in [0.5, 0.6) is 0 Å². The molecule has 0 bridgehead atoms. The number of rotatable bonds is 2. The Balaban J connectivity index is 0.000000196. The molecule has 2 unspecified atom stereocenters. The lowest BCUT2D eigenvalue weighted by Crippen LogP contribution is -2.51. The first kappa shape index (κ1) is 88.0. The summed E-state index contributed by atoms with van der Waals surface area (Å²) in [5, 5.41) is 45.9. The molecule has 30 nitrogen and oxygen atoms in total. The number of ether oxygens (including phenoxy) is 2. The van der Waals surface area contributed by atoms with E-state index in [9.17, 15) is 23.7 Å². The van der Waals surface area contributed by atoms with Crippen molar-refractivity contribution in [2.75, 3.05) is 89.1 Å². The number of benzene rings is 5. The molecule has 0 aliphatic carbocycles. The second-order valence-corrected chi connectivity index (χ2v) is 32.3. The molecule has 9 N–H and O–H groups in total. The van der Waals surface area contributed by atoms with Crippen LogP contribution in [0.4, 0.5) is 26.9 Å². The Morgan fingerprint density at radius 1 is 0.654 bits per heavy atom. The van der Waals surface area contributed by atoms with E-state index in [4.69, 9.17) is 96.0 Å². The first-order valence-electron chi connectivity index (χ1n) is 32.1. The number of halogens is 10. The Kier molecular flexibility index (Phi) is 35.1. The number of hydrazine groups is 1. The smallest absolute Gasteiger partial charge is 0.411 e. The van der Waals surface area contributed by atoms with Gasteiger partial charge >= 0.3 is 22.4 Å². The number of anilines is 3. The summed E-state index contributed by atoms with van der Waals surface area (Å²) >= 11 is 53.8. The van der Waals surface area contributed by atoms with Gasteiger partial charge in [-0.3, -0.25) is 29.9 Å². The number of aryl methyl sites for hydroxylation is 3. The van der Waals surface area contributed by atoms with Crippen LogP contribution in [0.3, 0.4) is 0 Å². The van der Waals surface area contributed by atoms with Gasteiger partial charge in [-0.25, -0.2) is 45.1 Å². The van der Waals surface area contributed by atoms with E-state index in [2.05, 4.69) is 126 Å². The van der Waals surface area contributed by atoms with E-state index in [1.807, 2.05) is 59.3 Å². The zero-order valence-corrected chi connectivity index (χ0v) is 66.8. The third-order valence-corrected chi connectivity index (χ3v) is 16.9. The van der Waals surface area contributed by atoms with Crippen LogP contribution in [-0.2, 0) is 18.8 Å². The highest BCUT2D eigenvalue weighted by Gasteiger charge is 2.33. The average molecular weight is 1690 g/mol. The maximum Gasteiger partial charge on any atom is 0.411 e. The van der Waals surface area contributed by atoms with Crippen molar-refractivity contribution in [1.82, 2.24) is 79.3 Å². The van der Waals surface area contributed by atoms with Crippen molar-refractivity contribution in [3.63, 3.8) is 0 Å². The van der Waals surface area contributed by atoms with E-state index in [1.165, 1.54) is 107 Å². The van der Waals surface area contributed by atoms with Crippen molar-refractivity contribution in [3.05, 3.63) is 160 Å². The van der Waals surface area contributed by atoms with Crippen LogP contribution in [-0.4, -0.2) is 176 Å². The molecule has 107 heavy (non-hydrogen) atoms. The van der Waals surface area contributed by atoms with Crippen molar-refractivity contribution < 1.29 is 33.5 Å². The van der Waals surface area contributed by atoms with Crippen LogP contribution < -0.4 is 38.2 Å². The normalized spacial score (nSPS) is 14.7. The fourth-order valence-corrected chi connectivity index (χ4v) is 11.9. The Labute approximate surface area is 663 Å². The number of aliphatic hydroxyl groups excluding tert-OH is 1. The second-order valence-electron chi connectivity index (χ2n) is 22.9. The van der Waals surface area contributed by atoms with Crippen LogP contribution in [0.15, 0.2) is 95.8 Å². The summed E-state index contributed by atoms with van der Waals surface area (Å²) in [5.41, 5.74) is 12.2. The Morgan fingerprint density at radius 3 is 1.64 bits per heavy atom. The number of hydrogen-bond donors (Lipinski definition) is 7.